The number of fused-ring (bicyclic) bond motifs is 1. The molecule has 5 aromatic rings. The van der Waals surface area contributed by atoms with E-state index in [1.54, 1.807) is 23.9 Å². The highest BCUT2D eigenvalue weighted by atomic mass is 35.5. The van der Waals surface area contributed by atoms with Crippen molar-refractivity contribution in [3.63, 3.8) is 0 Å². The molecule has 2 aliphatic heterocycles. The number of ether oxygens (including phenoxy) is 2. The van der Waals surface area contributed by atoms with Crippen LogP contribution < -0.4 is 4.74 Å². The van der Waals surface area contributed by atoms with Crippen molar-refractivity contribution in [2.24, 2.45) is 0 Å². The molecule has 0 unspecified atom stereocenters. The predicted octanol–water partition coefficient (Wildman–Crippen LogP) is 6.62. The van der Waals surface area contributed by atoms with Crippen LogP contribution in [0.2, 0.25) is 5.02 Å². The van der Waals surface area contributed by atoms with E-state index in [9.17, 15) is 4.39 Å². The molecule has 0 spiro atoms. The molecule has 2 fully saturated rings. The van der Waals surface area contributed by atoms with E-state index in [-0.39, 0.29) is 25.1 Å². The number of nitrogens with one attached hydrogen (secondary N) is 1. The Morgan fingerprint density at radius 1 is 1.04 bits per heavy atom. The number of piperidine rings is 1. The number of H-pyrrole nitrogens is 1. The summed E-state index contributed by atoms with van der Waals surface area (Å²) in [6.07, 6.45) is 4.93. The molecule has 0 radical (unpaired) electrons. The lowest BCUT2D eigenvalue weighted by atomic mass is 9.93. The number of rotatable bonds is 14. The number of unbranched alkanes of at least 4 members (excludes halogenated alkanes) is 1. The van der Waals surface area contributed by atoms with E-state index in [0.29, 0.717) is 27.5 Å². The molecular formula is C35H39ClFN7O3S. The number of nitrogens with zero attached hydrogens (tertiary/aromatic N) is 6. The molecule has 10 nitrogen and oxygen atoms in total. The molecule has 7 rings (SSSR count). The van der Waals surface area contributed by atoms with Gasteiger partial charge in [0, 0.05) is 52.8 Å². The molecule has 1 atom stereocenters. The standard InChI is InChI=1S/C35H39ClFN7O3S/c36-26-8-6-25(28(37)19-26)22-47-33-5-3-4-29(39-33)23-10-13-43(14-11-23)21-32-38-30-18-24(7-9-31(30)44(32)20-27-12-16-46-27)34-40-35(42-41-34)48-17-2-1-15-45/h3-9,18-19,23,27,45H,1-2,10-17,20-22H2,(H,40,41,42)/t27-/m0/s1. The van der Waals surface area contributed by atoms with Gasteiger partial charge in [0.25, 0.3) is 0 Å². The van der Waals surface area contributed by atoms with E-state index < -0.39 is 0 Å². The highest BCUT2D eigenvalue weighted by Gasteiger charge is 2.26. The molecule has 2 aromatic carbocycles. The Balaban J connectivity index is 1.00. The zero-order valence-electron chi connectivity index (χ0n) is 26.7. The first-order valence-corrected chi connectivity index (χ1v) is 17.9. The van der Waals surface area contributed by atoms with Gasteiger partial charge in [0.05, 0.1) is 30.2 Å². The third kappa shape index (κ3) is 7.84. The number of thioether (sulfide) groups is 1. The van der Waals surface area contributed by atoms with Gasteiger partial charge in [-0.2, -0.15) is 0 Å². The molecule has 48 heavy (non-hydrogen) atoms. The average molecular weight is 692 g/mol. The summed E-state index contributed by atoms with van der Waals surface area (Å²) in [7, 11) is 0. The van der Waals surface area contributed by atoms with E-state index in [1.807, 2.05) is 12.1 Å². The van der Waals surface area contributed by atoms with Gasteiger partial charge in [-0.1, -0.05) is 35.5 Å². The molecule has 0 amide bonds. The van der Waals surface area contributed by atoms with Crippen LogP contribution in [0.3, 0.4) is 0 Å². The molecular weight excluding hydrogens is 653 g/mol. The Hall–Kier alpha value is -3.55. The summed E-state index contributed by atoms with van der Waals surface area (Å²) in [5.41, 5.74) is 4.43. The number of halogens is 2. The van der Waals surface area contributed by atoms with Crippen LogP contribution >= 0.6 is 23.4 Å². The van der Waals surface area contributed by atoms with Crippen LogP contribution in [-0.2, 0) is 24.4 Å². The first-order valence-electron chi connectivity index (χ1n) is 16.6. The maximum Gasteiger partial charge on any atom is 0.213 e. The molecule has 2 N–H and O–H groups in total. The largest absolute Gasteiger partial charge is 0.473 e. The topological polar surface area (TPSA) is 114 Å². The normalized spacial score (nSPS) is 17.2. The Morgan fingerprint density at radius 3 is 2.71 bits per heavy atom. The van der Waals surface area contributed by atoms with Crippen LogP contribution in [0.4, 0.5) is 4.39 Å². The first-order chi connectivity index (χ1) is 23.5. The fourth-order valence-corrected chi connectivity index (χ4v) is 7.17. The second-order valence-corrected chi connectivity index (χ2v) is 13.8. The molecule has 3 aromatic heterocycles. The number of likely N-dealkylation sites (tertiary alicyclic amines) is 1. The van der Waals surface area contributed by atoms with Gasteiger partial charge in [0.15, 0.2) is 5.82 Å². The second-order valence-electron chi connectivity index (χ2n) is 12.3. The molecule has 13 heteroatoms. The zero-order valence-corrected chi connectivity index (χ0v) is 28.2. The maximum absolute atomic E-state index is 14.2. The van der Waals surface area contributed by atoms with E-state index in [2.05, 4.69) is 48.9 Å². The van der Waals surface area contributed by atoms with Crippen molar-refractivity contribution < 1.29 is 19.0 Å². The van der Waals surface area contributed by atoms with Crippen molar-refractivity contribution >= 4 is 34.4 Å². The molecule has 252 valence electrons. The number of aromatic nitrogens is 6. The number of aliphatic hydroxyl groups excluding tert-OH is 1. The quantitative estimate of drug-likeness (QED) is 0.0980. The lowest BCUT2D eigenvalue weighted by Crippen LogP contribution is -2.35. The smallest absolute Gasteiger partial charge is 0.213 e. The molecule has 2 saturated heterocycles. The molecule has 0 bridgehead atoms. The second kappa shape index (κ2) is 15.3. The van der Waals surface area contributed by atoms with Crippen LogP contribution in [0.1, 0.15) is 55.1 Å². The minimum Gasteiger partial charge on any atom is -0.473 e. The Labute approximate surface area is 288 Å². The lowest BCUT2D eigenvalue weighted by Gasteiger charge is -2.32. The van der Waals surface area contributed by atoms with Gasteiger partial charge in [-0.15, -0.1) is 5.10 Å². The SMILES string of the molecule is OCCCCSc1n[nH]c(-c2ccc3c(c2)nc(CN2CCC(c4cccc(OCc5ccc(Cl)cc5F)n4)CC2)n3C[C@@H]2CCO2)n1. The number of aromatic amines is 1. The van der Waals surface area contributed by atoms with E-state index in [1.165, 1.54) is 6.07 Å². The number of aliphatic hydroxyl groups is 1. The maximum atomic E-state index is 14.2. The van der Waals surface area contributed by atoms with Crippen molar-refractivity contribution in [1.29, 1.82) is 0 Å². The summed E-state index contributed by atoms with van der Waals surface area (Å²) < 4.78 is 28.2. The van der Waals surface area contributed by atoms with Crippen molar-refractivity contribution in [2.45, 2.75) is 69.0 Å². The third-order valence-electron chi connectivity index (χ3n) is 9.04. The third-order valence-corrected chi connectivity index (χ3v) is 10.2. The fraction of sp³-hybridized carbons (Fsp3) is 0.429. The van der Waals surface area contributed by atoms with Gasteiger partial charge in [-0.05, 0) is 81.6 Å². The Morgan fingerprint density at radius 2 is 1.92 bits per heavy atom. The Kier molecular flexibility index (Phi) is 10.5. The van der Waals surface area contributed by atoms with Gasteiger partial charge >= 0.3 is 0 Å². The monoisotopic (exact) mass is 691 g/mol. The van der Waals surface area contributed by atoms with Crippen LogP contribution in [-0.4, -0.2) is 77.9 Å². The molecule has 2 aliphatic rings. The van der Waals surface area contributed by atoms with Crippen molar-refractivity contribution in [3.8, 4) is 17.3 Å². The average Bonchev–Trinajstić information content (AvgIpc) is 3.69. The van der Waals surface area contributed by atoms with Gasteiger partial charge in [-0.3, -0.25) is 10.00 Å². The number of hydrogen-bond donors (Lipinski definition) is 2. The molecule has 0 saturated carbocycles. The highest BCUT2D eigenvalue weighted by Crippen LogP contribution is 2.31. The number of pyridine rings is 1. The van der Waals surface area contributed by atoms with E-state index in [4.69, 9.17) is 36.1 Å². The minimum atomic E-state index is -0.384. The van der Waals surface area contributed by atoms with Crippen LogP contribution in [0.5, 0.6) is 5.88 Å². The fourth-order valence-electron chi connectivity index (χ4n) is 6.22. The summed E-state index contributed by atoms with van der Waals surface area (Å²) in [5.74, 6) is 3.06. The summed E-state index contributed by atoms with van der Waals surface area (Å²) in [5, 5.41) is 17.5. The summed E-state index contributed by atoms with van der Waals surface area (Å²) in [4.78, 5) is 17.1. The summed E-state index contributed by atoms with van der Waals surface area (Å²) in [6, 6.07) is 16.7. The van der Waals surface area contributed by atoms with Crippen molar-refractivity contribution in [3.05, 3.63) is 82.5 Å². The predicted molar refractivity (Wildman–Crippen MR) is 184 cm³/mol. The van der Waals surface area contributed by atoms with Gasteiger partial charge in [-0.25, -0.2) is 19.3 Å². The van der Waals surface area contributed by atoms with Gasteiger partial charge in [0.1, 0.15) is 18.2 Å². The van der Waals surface area contributed by atoms with Crippen molar-refractivity contribution in [1.82, 2.24) is 34.6 Å². The number of imidazole rings is 1. The van der Waals surface area contributed by atoms with Crippen LogP contribution in [0, 0.1) is 5.82 Å². The lowest BCUT2D eigenvalue weighted by molar-refractivity contribution is -0.0592. The van der Waals surface area contributed by atoms with E-state index in [0.717, 1.165) is 105 Å². The van der Waals surface area contributed by atoms with Crippen molar-refractivity contribution in [2.75, 3.05) is 32.1 Å². The van der Waals surface area contributed by atoms with Crippen LogP contribution in [0.25, 0.3) is 22.4 Å². The van der Waals surface area contributed by atoms with E-state index >= 15 is 0 Å². The van der Waals surface area contributed by atoms with Gasteiger partial charge < -0.3 is 19.1 Å². The highest BCUT2D eigenvalue weighted by molar-refractivity contribution is 7.99. The first kappa shape index (κ1) is 33.0. The molecule has 5 heterocycles. The number of benzene rings is 2. The van der Waals surface area contributed by atoms with Crippen LogP contribution in [0.15, 0.2) is 59.8 Å². The Bertz CT molecular complexity index is 1840. The zero-order chi connectivity index (χ0) is 32.9. The van der Waals surface area contributed by atoms with Gasteiger partial charge in [0.2, 0.25) is 11.0 Å². The summed E-state index contributed by atoms with van der Waals surface area (Å²) in [6.45, 7) is 4.51. The minimum absolute atomic E-state index is 0.0942. The number of hydrogen-bond acceptors (Lipinski definition) is 9. The summed E-state index contributed by atoms with van der Waals surface area (Å²) >= 11 is 7.47. The molecule has 0 aliphatic carbocycles.